The molecule has 1 N–H and O–H groups in total. The van der Waals surface area contributed by atoms with Crippen molar-refractivity contribution in [3.05, 3.63) is 58.9 Å². The van der Waals surface area contributed by atoms with Crippen LogP contribution in [0.25, 0.3) is 0 Å². The average molecular weight is 485 g/mol. The van der Waals surface area contributed by atoms with Crippen LogP contribution in [0, 0.1) is 5.82 Å². The molecule has 0 spiro atoms. The highest BCUT2D eigenvalue weighted by Gasteiger charge is 2.31. The number of carbonyl (C=O) groups is 1. The van der Waals surface area contributed by atoms with Gasteiger partial charge in [-0.1, -0.05) is 51.4 Å². The number of amides is 1. The second-order valence-corrected chi connectivity index (χ2v) is 10.8. The fourth-order valence-electron chi connectivity index (χ4n) is 3.19. The number of nitrogens with one attached hydrogen (secondary N) is 1. The first kappa shape index (κ1) is 25.9. The van der Waals surface area contributed by atoms with E-state index in [4.69, 9.17) is 16.3 Å². The molecule has 0 saturated heterocycles. The summed E-state index contributed by atoms with van der Waals surface area (Å²) in [6.07, 6.45) is 1.20. The summed E-state index contributed by atoms with van der Waals surface area (Å²) in [5.74, 6) is -0.475. The van der Waals surface area contributed by atoms with Crippen LogP contribution in [0.2, 0.25) is 5.02 Å². The van der Waals surface area contributed by atoms with Crippen molar-refractivity contribution in [3.63, 3.8) is 0 Å². The Labute approximate surface area is 194 Å². The Hall–Kier alpha value is -2.32. The zero-order chi connectivity index (χ0) is 24.1. The van der Waals surface area contributed by atoms with Crippen LogP contribution in [-0.4, -0.2) is 39.8 Å². The predicted octanol–water partition coefficient (Wildman–Crippen LogP) is 4.52. The maximum Gasteiger partial charge on any atom is 0.244 e. The third-order valence-electron chi connectivity index (χ3n) is 4.88. The second-order valence-electron chi connectivity index (χ2n) is 8.50. The summed E-state index contributed by atoms with van der Waals surface area (Å²) in [5, 5.41) is 2.49. The fraction of sp³-hybridized carbons (Fsp3) is 0.435. The monoisotopic (exact) mass is 484 g/mol. The van der Waals surface area contributed by atoms with Gasteiger partial charge in [-0.15, -0.1) is 0 Å². The van der Waals surface area contributed by atoms with Gasteiger partial charge in [0.05, 0.1) is 23.5 Å². The lowest BCUT2D eigenvalue weighted by Crippen LogP contribution is -2.50. The van der Waals surface area contributed by atoms with Crippen LogP contribution in [0.3, 0.4) is 0 Å². The molecule has 0 unspecified atom stereocenters. The van der Waals surface area contributed by atoms with Gasteiger partial charge >= 0.3 is 0 Å². The number of anilines is 1. The SMILES string of the molecule is CC[C@@H](C(=O)NCCOc1ccc(C(C)(C)C)cc1)N(c1ccc(F)c(Cl)c1)S(C)(=O)=O. The van der Waals surface area contributed by atoms with E-state index >= 15 is 0 Å². The lowest BCUT2D eigenvalue weighted by atomic mass is 9.87. The molecular formula is C23H30ClFN2O4S. The van der Waals surface area contributed by atoms with Crippen molar-refractivity contribution in [2.24, 2.45) is 0 Å². The molecule has 0 aromatic heterocycles. The van der Waals surface area contributed by atoms with Crippen molar-refractivity contribution >= 4 is 33.2 Å². The fourth-order valence-corrected chi connectivity index (χ4v) is 4.57. The molecule has 0 saturated carbocycles. The zero-order valence-electron chi connectivity index (χ0n) is 19.0. The predicted molar refractivity (Wildman–Crippen MR) is 126 cm³/mol. The zero-order valence-corrected chi connectivity index (χ0v) is 20.6. The number of hydrogen-bond acceptors (Lipinski definition) is 4. The molecule has 0 fully saturated rings. The van der Waals surface area contributed by atoms with Crippen LogP contribution in [0.15, 0.2) is 42.5 Å². The molecule has 1 amide bonds. The van der Waals surface area contributed by atoms with Crippen molar-refractivity contribution < 1.29 is 22.3 Å². The van der Waals surface area contributed by atoms with E-state index in [1.165, 1.54) is 17.7 Å². The summed E-state index contributed by atoms with van der Waals surface area (Å²) >= 11 is 5.82. The van der Waals surface area contributed by atoms with Gasteiger partial charge in [-0.05, 0) is 47.7 Å². The normalized spacial score (nSPS) is 12.8. The Morgan fingerprint density at radius 3 is 2.31 bits per heavy atom. The lowest BCUT2D eigenvalue weighted by Gasteiger charge is -2.30. The molecule has 2 aromatic rings. The van der Waals surface area contributed by atoms with E-state index in [9.17, 15) is 17.6 Å². The molecule has 0 aliphatic carbocycles. The highest BCUT2D eigenvalue weighted by Crippen LogP contribution is 2.27. The average Bonchev–Trinajstić information content (AvgIpc) is 2.70. The summed E-state index contributed by atoms with van der Waals surface area (Å²) in [7, 11) is -3.83. The molecule has 9 heteroatoms. The van der Waals surface area contributed by atoms with Crippen LogP contribution in [0.4, 0.5) is 10.1 Å². The number of carbonyl (C=O) groups excluding carboxylic acids is 1. The first-order chi connectivity index (χ1) is 14.8. The summed E-state index contributed by atoms with van der Waals surface area (Å²) in [6, 6.07) is 10.3. The van der Waals surface area contributed by atoms with E-state index in [2.05, 4.69) is 26.1 Å². The summed E-state index contributed by atoms with van der Waals surface area (Å²) in [4.78, 5) is 12.8. The number of hydrogen-bond donors (Lipinski definition) is 1. The molecule has 2 aromatic carbocycles. The smallest absolute Gasteiger partial charge is 0.244 e. The van der Waals surface area contributed by atoms with Gasteiger partial charge in [0.2, 0.25) is 15.9 Å². The van der Waals surface area contributed by atoms with Crippen molar-refractivity contribution in [3.8, 4) is 5.75 Å². The van der Waals surface area contributed by atoms with E-state index in [0.717, 1.165) is 16.6 Å². The quantitative estimate of drug-likeness (QED) is 0.531. The third kappa shape index (κ3) is 6.84. The van der Waals surface area contributed by atoms with Crippen molar-refractivity contribution in [2.75, 3.05) is 23.7 Å². The van der Waals surface area contributed by atoms with Crippen LogP contribution >= 0.6 is 11.6 Å². The highest BCUT2D eigenvalue weighted by molar-refractivity contribution is 7.92. The lowest BCUT2D eigenvalue weighted by molar-refractivity contribution is -0.122. The van der Waals surface area contributed by atoms with E-state index < -0.39 is 27.8 Å². The van der Waals surface area contributed by atoms with Crippen LogP contribution < -0.4 is 14.4 Å². The van der Waals surface area contributed by atoms with E-state index in [-0.39, 0.29) is 35.7 Å². The number of sulfonamides is 1. The Morgan fingerprint density at radius 2 is 1.81 bits per heavy atom. The first-order valence-corrected chi connectivity index (χ1v) is 12.5. The maximum atomic E-state index is 13.5. The largest absolute Gasteiger partial charge is 0.492 e. The number of ether oxygens (including phenoxy) is 1. The molecule has 0 heterocycles. The molecule has 176 valence electrons. The van der Waals surface area contributed by atoms with Gasteiger partial charge < -0.3 is 10.1 Å². The van der Waals surface area contributed by atoms with Gasteiger partial charge in [-0.2, -0.15) is 0 Å². The molecule has 0 aliphatic heterocycles. The van der Waals surface area contributed by atoms with Crippen LogP contribution in [0.1, 0.15) is 39.7 Å². The van der Waals surface area contributed by atoms with Gasteiger partial charge in [-0.3, -0.25) is 9.10 Å². The minimum atomic E-state index is -3.83. The molecule has 6 nitrogen and oxygen atoms in total. The van der Waals surface area contributed by atoms with Gasteiger partial charge in [0, 0.05) is 0 Å². The third-order valence-corrected chi connectivity index (χ3v) is 6.35. The maximum absolute atomic E-state index is 13.5. The molecular weight excluding hydrogens is 455 g/mol. The Bertz CT molecular complexity index is 1040. The molecule has 2 rings (SSSR count). The summed E-state index contributed by atoms with van der Waals surface area (Å²) in [6.45, 7) is 8.49. The second kappa shape index (κ2) is 10.5. The summed E-state index contributed by atoms with van der Waals surface area (Å²) in [5.41, 5.74) is 1.35. The molecule has 32 heavy (non-hydrogen) atoms. The van der Waals surface area contributed by atoms with Gasteiger partial charge in [0.15, 0.2) is 0 Å². The van der Waals surface area contributed by atoms with Crippen molar-refractivity contribution in [1.82, 2.24) is 5.32 Å². The molecule has 0 bridgehead atoms. The van der Waals surface area contributed by atoms with E-state index in [1.54, 1.807) is 6.92 Å². The van der Waals surface area contributed by atoms with Crippen molar-refractivity contribution in [2.45, 2.75) is 45.6 Å². The first-order valence-electron chi connectivity index (χ1n) is 10.3. The van der Waals surface area contributed by atoms with Gasteiger partial charge in [0.1, 0.15) is 24.2 Å². The van der Waals surface area contributed by atoms with Crippen LogP contribution in [0.5, 0.6) is 5.75 Å². The molecule has 1 atom stereocenters. The van der Waals surface area contributed by atoms with E-state index in [1.807, 2.05) is 24.3 Å². The number of rotatable bonds is 9. The Morgan fingerprint density at radius 1 is 1.19 bits per heavy atom. The van der Waals surface area contributed by atoms with Gasteiger partial charge in [-0.25, -0.2) is 12.8 Å². The number of halogens is 2. The number of nitrogens with zero attached hydrogens (tertiary/aromatic N) is 1. The summed E-state index contributed by atoms with van der Waals surface area (Å²) < 4.78 is 45.0. The standard InChI is InChI=1S/C23H30ClFN2O4S/c1-6-21(27(32(5,29)30)17-9-12-20(25)19(24)15-17)22(28)26-13-14-31-18-10-7-16(8-11-18)23(2,3)4/h7-12,15,21H,6,13-14H2,1-5H3,(H,26,28)/t21-/m0/s1. The topological polar surface area (TPSA) is 75.7 Å². The van der Waals surface area contributed by atoms with Gasteiger partial charge in [0.25, 0.3) is 0 Å². The number of benzene rings is 2. The highest BCUT2D eigenvalue weighted by atomic mass is 35.5. The molecule has 0 aliphatic rings. The Balaban J connectivity index is 2.03. The minimum Gasteiger partial charge on any atom is -0.492 e. The minimum absolute atomic E-state index is 0.0436. The Kier molecular flexibility index (Phi) is 8.54. The van der Waals surface area contributed by atoms with Crippen molar-refractivity contribution in [1.29, 1.82) is 0 Å². The van der Waals surface area contributed by atoms with E-state index in [0.29, 0.717) is 5.75 Å². The molecule has 0 radical (unpaired) electrons. The van der Waals surface area contributed by atoms with Crippen LogP contribution in [-0.2, 0) is 20.2 Å².